The number of aliphatic hydroxyl groups is 2. The lowest BCUT2D eigenvalue weighted by Gasteiger charge is -2.37. The van der Waals surface area contributed by atoms with Gasteiger partial charge in [-0.25, -0.2) is 4.98 Å². The fourth-order valence-electron chi connectivity index (χ4n) is 4.39. The van der Waals surface area contributed by atoms with Crippen LogP contribution in [0.4, 0.5) is 0 Å². The molecule has 1 aliphatic heterocycles. The molecule has 4 atom stereocenters. The monoisotopic (exact) mass is 493 g/mol. The van der Waals surface area contributed by atoms with Gasteiger partial charge in [-0.05, 0) is 38.9 Å². The molecule has 7 heteroatoms. The van der Waals surface area contributed by atoms with E-state index in [2.05, 4.69) is 66.9 Å². The summed E-state index contributed by atoms with van der Waals surface area (Å²) in [5.41, 5.74) is 3.32. The first-order chi connectivity index (χ1) is 17.2. The number of ether oxygens (including phenoxy) is 1. The summed E-state index contributed by atoms with van der Waals surface area (Å²) >= 11 is 0. The minimum Gasteiger partial charge on any atom is -0.472 e. The number of hydrogen-bond acceptors (Lipinski definition) is 6. The lowest BCUT2D eigenvalue weighted by Crippen LogP contribution is -2.49. The fourth-order valence-corrected chi connectivity index (χ4v) is 4.39. The number of carbonyl (C=O) groups is 1. The Morgan fingerprint density at radius 1 is 1.33 bits per heavy atom. The number of benzene rings is 1. The van der Waals surface area contributed by atoms with Gasteiger partial charge in [-0.15, -0.1) is 0 Å². The molecule has 0 spiro atoms. The smallest absolute Gasteiger partial charge is 0.259 e. The predicted molar refractivity (Wildman–Crippen MR) is 141 cm³/mol. The summed E-state index contributed by atoms with van der Waals surface area (Å²) < 4.78 is 6.37. The Balaban J connectivity index is 1.89. The summed E-state index contributed by atoms with van der Waals surface area (Å²) in [7, 11) is 2.06. The van der Waals surface area contributed by atoms with Gasteiger partial charge in [0.2, 0.25) is 5.88 Å². The van der Waals surface area contributed by atoms with E-state index < -0.39 is 6.10 Å². The number of hydrogen-bond donors (Lipinski definition) is 2. The Bertz CT molecular complexity index is 1090. The number of amides is 1. The Morgan fingerprint density at radius 2 is 2.11 bits per heavy atom. The average molecular weight is 494 g/mol. The van der Waals surface area contributed by atoms with Gasteiger partial charge in [0.25, 0.3) is 5.91 Å². The largest absolute Gasteiger partial charge is 0.472 e. The molecule has 3 rings (SSSR count). The molecule has 0 aliphatic carbocycles. The molecule has 2 aromatic rings. The molecular formula is C29H39N3O4. The van der Waals surface area contributed by atoms with E-state index >= 15 is 0 Å². The minimum absolute atomic E-state index is 0.0153. The molecule has 194 valence electrons. The van der Waals surface area contributed by atoms with Crippen LogP contribution >= 0.6 is 0 Å². The lowest BCUT2D eigenvalue weighted by atomic mass is 9.99. The summed E-state index contributed by atoms with van der Waals surface area (Å²) in [5, 5.41) is 19.8. The average Bonchev–Trinajstić information content (AvgIpc) is 2.84. The van der Waals surface area contributed by atoms with Gasteiger partial charge in [0.1, 0.15) is 17.8 Å². The van der Waals surface area contributed by atoms with Gasteiger partial charge in [-0.2, -0.15) is 0 Å². The molecule has 0 radical (unpaired) electrons. The van der Waals surface area contributed by atoms with Crippen LogP contribution in [0.3, 0.4) is 0 Å². The van der Waals surface area contributed by atoms with E-state index in [4.69, 9.17) is 4.74 Å². The van der Waals surface area contributed by atoms with Crippen LogP contribution in [0, 0.1) is 24.7 Å². The molecule has 0 saturated heterocycles. The maximum absolute atomic E-state index is 13.5. The number of aliphatic hydroxyl groups excluding tert-OH is 2. The molecule has 1 unspecified atom stereocenters. The highest BCUT2D eigenvalue weighted by atomic mass is 16.5. The van der Waals surface area contributed by atoms with Crippen molar-refractivity contribution in [2.24, 2.45) is 5.92 Å². The molecule has 1 aliphatic rings. The Morgan fingerprint density at radius 3 is 2.81 bits per heavy atom. The van der Waals surface area contributed by atoms with Gasteiger partial charge in [0.15, 0.2) is 0 Å². The van der Waals surface area contributed by atoms with Crippen LogP contribution in [0.1, 0.15) is 60.7 Å². The van der Waals surface area contributed by atoms with Crippen LogP contribution in [-0.4, -0.2) is 75.9 Å². The third-order valence-electron chi connectivity index (χ3n) is 6.49. The minimum atomic E-state index is -0.718. The molecular weight excluding hydrogens is 454 g/mol. The second-order valence-electron chi connectivity index (χ2n) is 9.96. The lowest BCUT2D eigenvalue weighted by molar-refractivity contribution is 0.0325. The zero-order chi connectivity index (χ0) is 26.2. The molecule has 2 N–H and O–H groups in total. The first-order valence-corrected chi connectivity index (χ1v) is 12.7. The van der Waals surface area contributed by atoms with Gasteiger partial charge < -0.3 is 19.8 Å². The number of rotatable bonds is 8. The number of pyridine rings is 1. The third kappa shape index (κ3) is 7.30. The van der Waals surface area contributed by atoms with Gasteiger partial charge >= 0.3 is 0 Å². The van der Waals surface area contributed by atoms with Crippen LogP contribution < -0.4 is 4.74 Å². The normalized spacial score (nSPS) is 19.4. The van der Waals surface area contributed by atoms with Crippen molar-refractivity contribution < 1.29 is 19.7 Å². The van der Waals surface area contributed by atoms with Crippen molar-refractivity contribution in [2.75, 3.05) is 26.7 Å². The molecule has 0 bridgehead atoms. The van der Waals surface area contributed by atoms with E-state index in [0.717, 1.165) is 13.0 Å². The number of carbonyl (C=O) groups excluding carboxylic acids is 1. The molecule has 0 saturated carbocycles. The van der Waals surface area contributed by atoms with Crippen LogP contribution in [0.5, 0.6) is 5.88 Å². The molecule has 0 fully saturated rings. The number of nitrogens with zero attached hydrogens (tertiary/aromatic N) is 3. The first-order valence-electron chi connectivity index (χ1n) is 12.7. The SMILES string of the molecule is CCCC(O)C#Cc1cnc2c(c1)C(=O)N([C@H](C)CO)C[C@H](C)[C@H](CN(C)Cc1cccc(C)c1)O2. The van der Waals surface area contributed by atoms with Crippen molar-refractivity contribution in [1.29, 1.82) is 0 Å². The van der Waals surface area contributed by atoms with E-state index in [1.54, 1.807) is 17.2 Å². The van der Waals surface area contributed by atoms with E-state index in [0.29, 0.717) is 30.6 Å². The zero-order valence-electron chi connectivity index (χ0n) is 22.1. The zero-order valence-corrected chi connectivity index (χ0v) is 22.1. The van der Waals surface area contributed by atoms with Crippen molar-refractivity contribution in [3.63, 3.8) is 0 Å². The van der Waals surface area contributed by atoms with Crippen molar-refractivity contribution >= 4 is 5.91 Å². The highest BCUT2D eigenvalue weighted by Crippen LogP contribution is 2.27. The molecule has 1 aromatic heterocycles. The highest BCUT2D eigenvalue weighted by Gasteiger charge is 2.34. The van der Waals surface area contributed by atoms with Gasteiger partial charge in [-0.1, -0.05) is 61.9 Å². The van der Waals surface area contributed by atoms with E-state index in [1.165, 1.54) is 11.1 Å². The summed E-state index contributed by atoms with van der Waals surface area (Å²) in [4.78, 5) is 21.9. The van der Waals surface area contributed by atoms with Crippen molar-refractivity contribution in [3.8, 4) is 17.7 Å². The second kappa shape index (κ2) is 12.9. The summed E-state index contributed by atoms with van der Waals surface area (Å²) in [6, 6.07) is 9.78. The third-order valence-corrected chi connectivity index (χ3v) is 6.49. The number of fused-ring (bicyclic) bond motifs is 1. The maximum Gasteiger partial charge on any atom is 0.259 e. The van der Waals surface area contributed by atoms with Crippen LogP contribution in [0.15, 0.2) is 36.5 Å². The Hall–Kier alpha value is -2.92. The Labute approximate surface area is 215 Å². The number of aryl methyl sites for hydroxylation is 1. The van der Waals surface area contributed by atoms with Gasteiger partial charge in [0, 0.05) is 37.3 Å². The Kier molecular flexibility index (Phi) is 9.89. The maximum atomic E-state index is 13.5. The molecule has 7 nitrogen and oxygen atoms in total. The topological polar surface area (TPSA) is 86.1 Å². The van der Waals surface area contributed by atoms with Crippen molar-refractivity contribution in [1.82, 2.24) is 14.8 Å². The molecule has 36 heavy (non-hydrogen) atoms. The summed E-state index contributed by atoms with van der Waals surface area (Å²) in [6.45, 7) is 9.72. The van der Waals surface area contributed by atoms with E-state index in [1.807, 2.05) is 13.8 Å². The number of aromatic nitrogens is 1. The quantitative estimate of drug-likeness (QED) is 0.549. The fraction of sp³-hybridized carbons (Fsp3) is 0.517. The van der Waals surface area contributed by atoms with Gasteiger partial charge in [-0.3, -0.25) is 9.69 Å². The molecule has 2 heterocycles. The number of likely N-dealkylation sites (N-methyl/N-ethyl adjacent to an activating group) is 1. The van der Waals surface area contributed by atoms with Crippen LogP contribution in [0.2, 0.25) is 0 Å². The standard InChI is InChI=1S/C29H39N3O4/c1-6-8-25(34)12-11-23-14-26-28(30-15-23)36-27(21(3)16-32(29(26)35)22(4)19-33)18-31(5)17-24-10-7-9-20(2)13-24/h7,9-10,13-15,21-22,25,27,33-34H,6,8,16-19H2,1-5H3/t21-,22+,25?,27-/m0/s1. The van der Waals surface area contributed by atoms with E-state index in [9.17, 15) is 15.0 Å². The van der Waals surface area contributed by atoms with Crippen molar-refractivity contribution in [3.05, 3.63) is 58.8 Å². The summed E-state index contributed by atoms with van der Waals surface area (Å²) in [5.74, 6) is 5.80. The molecule has 1 amide bonds. The van der Waals surface area contributed by atoms with Crippen LogP contribution in [0.25, 0.3) is 0 Å². The first kappa shape index (κ1) is 27.7. The van der Waals surface area contributed by atoms with E-state index in [-0.39, 0.29) is 36.5 Å². The second-order valence-corrected chi connectivity index (χ2v) is 9.96. The predicted octanol–water partition coefficient (Wildman–Crippen LogP) is 3.25. The van der Waals surface area contributed by atoms with Crippen LogP contribution in [-0.2, 0) is 6.54 Å². The van der Waals surface area contributed by atoms with Crippen molar-refractivity contribution in [2.45, 2.75) is 65.3 Å². The van der Waals surface area contributed by atoms with Gasteiger partial charge in [0.05, 0.1) is 12.6 Å². The highest BCUT2D eigenvalue weighted by molar-refractivity contribution is 5.97. The summed E-state index contributed by atoms with van der Waals surface area (Å²) in [6.07, 6.45) is 2.07. The molecule has 1 aromatic carbocycles.